The standard InChI is InChI=1S/C13H11Cl2NO/c14-12-3-1-2-10(6-12)8-17-9-11-4-5-16-13(15)7-11/h1-7H,8-9H2. The molecule has 0 aliphatic carbocycles. The van der Waals surface area contributed by atoms with Gasteiger partial charge < -0.3 is 4.74 Å². The summed E-state index contributed by atoms with van der Waals surface area (Å²) in [6, 6.07) is 11.3. The Morgan fingerprint density at radius 1 is 1.00 bits per heavy atom. The van der Waals surface area contributed by atoms with Crippen molar-refractivity contribution in [2.45, 2.75) is 13.2 Å². The quantitative estimate of drug-likeness (QED) is 0.778. The molecule has 1 aromatic heterocycles. The van der Waals surface area contributed by atoms with Gasteiger partial charge >= 0.3 is 0 Å². The van der Waals surface area contributed by atoms with Gasteiger partial charge in [0.05, 0.1) is 13.2 Å². The maximum Gasteiger partial charge on any atom is 0.129 e. The summed E-state index contributed by atoms with van der Waals surface area (Å²) in [5.41, 5.74) is 2.06. The van der Waals surface area contributed by atoms with Crippen molar-refractivity contribution in [1.82, 2.24) is 4.98 Å². The Bertz CT molecular complexity index is 457. The molecule has 17 heavy (non-hydrogen) atoms. The topological polar surface area (TPSA) is 22.1 Å². The van der Waals surface area contributed by atoms with E-state index in [1.54, 1.807) is 12.3 Å². The summed E-state index contributed by atoms with van der Waals surface area (Å²) < 4.78 is 5.57. The number of hydrogen-bond acceptors (Lipinski definition) is 2. The summed E-state index contributed by atoms with van der Waals surface area (Å²) in [6.07, 6.45) is 1.67. The van der Waals surface area contributed by atoms with E-state index in [9.17, 15) is 0 Å². The maximum atomic E-state index is 5.88. The molecule has 0 bridgehead atoms. The molecule has 2 rings (SSSR count). The number of ether oxygens (including phenoxy) is 1. The van der Waals surface area contributed by atoms with Crippen molar-refractivity contribution in [3.63, 3.8) is 0 Å². The molecule has 2 nitrogen and oxygen atoms in total. The first-order valence-electron chi connectivity index (χ1n) is 5.16. The van der Waals surface area contributed by atoms with Crippen LogP contribution >= 0.6 is 23.2 Å². The number of hydrogen-bond donors (Lipinski definition) is 0. The zero-order valence-electron chi connectivity index (χ0n) is 9.07. The molecule has 0 fully saturated rings. The molecule has 0 saturated carbocycles. The van der Waals surface area contributed by atoms with Crippen LogP contribution in [0.4, 0.5) is 0 Å². The minimum Gasteiger partial charge on any atom is -0.372 e. The lowest BCUT2D eigenvalue weighted by Crippen LogP contribution is -1.94. The Morgan fingerprint density at radius 3 is 2.47 bits per heavy atom. The number of benzene rings is 1. The molecular formula is C13H11Cl2NO. The maximum absolute atomic E-state index is 5.88. The average Bonchev–Trinajstić information content (AvgIpc) is 2.29. The predicted molar refractivity (Wildman–Crippen MR) is 69.2 cm³/mol. The van der Waals surface area contributed by atoms with E-state index in [1.807, 2.05) is 30.3 Å². The van der Waals surface area contributed by atoms with Crippen LogP contribution in [0, 0.1) is 0 Å². The van der Waals surface area contributed by atoms with Gasteiger partial charge in [-0.2, -0.15) is 0 Å². The van der Waals surface area contributed by atoms with Gasteiger partial charge in [0.25, 0.3) is 0 Å². The van der Waals surface area contributed by atoms with E-state index in [-0.39, 0.29) is 0 Å². The molecular weight excluding hydrogens is 257 g/mol. The van der Waals surface area contributed by atoms with Crippen LogP contribution in [-0.2, 0) is 18.0 Å². The van der Waals surface area contributed by atoms with Gasteiger partial charge in [-0.1, -0.05) is 35.3 Å². The Labute approximate surface area is 110 Å². The van der Waals surface area contributed by atoms with Crippen LogP contribution in [0.15, 0.2) is 42.6 Å². The third kappa shape index (κ3) is 4.00. The minimum atomic E-state index is 0.480. The van der Waals surface area contributed by atoms with E-state index < -0.39 is 0 Å². The van der Waals surface area contributed by atoms with Crippen molar-refractivity contribution in [3.8, 4) is 0 Å². The van der Waals surface area contributed by atoms with Crippen LogP contribution in [-0.4, -0.2) is 4.98 Å². The van der Waals surface area contributed by atoms with Gasteiger partial charge in [-0.25, -0.2) is 4.98 Å². The molecule has 0 amide bonds. The molecule has 0 aliphatic heterocycles. The van der Waals surface area contributed by atoms with Crippen LogP contribution in [0.3, 0.4) is 0 Å². The van der Waals surface area contributed by atoms with Crippen LogP contribution in [0.2, 0.25) is 10.2 Å². The Morgan fingerprint density at radius 2 is 1.76 bits per heavy atom. The van der Waals surface area contributed by atoms with Gasteiger partial charge in [-0.3, -0.25) is 0 Å². The molecule has 1 heterocycles. The summed E-state index contributed by atoms with van der Waals surface area (Å²) in [4.78, 5) is 3.91. The molecule has 0 N–H and O–H groups in total. The highest BCUT2D eigenvalue weighted by Crippen LogP contribution is 2.13. The molecule has 0 atom stereocenters. The number of aromatic nitrogens is 1. The second kappa shape index (κ2) is 6.01. The van der Waals surface area contributed by atoms with Crippen molar-refractivity contribution in [3.05, 3.63) is 63.9 Å². The summed E-state index contributed by atoms with van der Waals surface area (Å²) in [5.74, 6) is 0. The SMILES string of the molecule is Clc1cccc(COCc2ccnc(Cl)c2)c1. The van der Waals surface area contributed by atoms with Crippen LogP contribution in [0.1, 0.15) is 11.1 Å². The molecule has 0 aliphatic rings. The predicted octanol–water partition coefficient (Wildman–Crippen LogP) is 4.11. The minimum absolute atomic E-state index is 0.480. The lowest BCUT2D eigenvalue weighted by atomic mass is 10.2. The van der Waals surface area contributed by atoms with Crippen LogP contribution < -0.4 is 0 Å². The van der Waals surface area contributed by atoms with Crippen molar-refractivity contribution < 1.29 is 4.74 Å². The Hall–Kier alpha value is -1.09. The van der Waals surface area contributed by atoms with Gasteiger partial charge in [0.2, 0.25) is 0 Å². The Kier molecular flexibility index (Phi) is 4.37. The fourth-order valence-corrected chi connectivity index (χ4v) is 1.86. The molecule has 88 valence electrons. The summed E-state index contributed by atoms with van der Waals surface area (Å²) in [5, 5.41) is 1.20. The zero-order valence-corrected chi connectivity index (χ0v) is 10.6. The highest BCUT2D eigenvalue weighted by atomic mass is 35.5. The number of nitrogens with zero attached hydrogens (tertiary/aromatic N) is 1. The molecule has 0 spiro atoms. The monoisotopic (exact) mass is 267 g/mol. The van der Waals surface area contributed by atoms with Gasteiger partial charge in [-0.05, 0) is 35.4 Å². The highest BCUT2D eigenvalue weighted by molar-refractivity contribution is 6.30. The average molecular weight is 268 g/mol. The van der Waals surface area contributed by atoms with Gasteiger partial charge in [-0.15, -0.1) is 0 Å². The third-order valence-corrected chi connectivity index (χ3v) is 2.66. The largest absolute Gasteiger partial charge is 0.372 e. The summed E-state index contributed by atoms with van der Waals surface area (Å²) >= 11 is 11.7. The van der Waals surface area contributed by atoms with E-state index in [4.69, 9.17) is 27.9 Å². The van der Waals surface area contributed by atoms with E-state index in [0.29, 0.717) is 18.4 Å². The van der Waals surface area contributed by atoms with Gasteiger partial charge in [0.1, 0.15) is 5.15 Å². The third-order valence-electron chi connectivity index (χ3n) is 2.22. The second-order valence-electron chi connectivity index (χ2n) is 3.61. The summed E-state index contributed by atoms with van der Waals surface area (Å²) in [7, 11) is 0. The van der Waals surface area contributed by atoms with Gasteiger partial charge in [0.15, 0.2) is 0 Å². The van der Waals surface area contributed by atoms with Crippen molar-refractivity contribution >= 4 is 23.2 Å². The van der Waals surface area contributed by atoms with Crippen molar-refractivity contribution in [2.75, 3.05) is 0 Å². The fraction of sp³-hybridized carbons (Fsp3) is 0.154. The molecule has 2 aromatic rings. The molecule has 0 radical (unpaired) electrons. The van der Waals surface area contributed by atoms with E-state index in [1.165, 1.54) is 0 Å². The first-order chi connectivity index (χ1) is 8.24. The normalized spacial score (nSPS) is 10.5. The first-order valence-corrected chi connectivity index (χ1v) is 5.92. The molecule has 1 aromatic carbocycles. The number of rotatable bonds is 4. The van der Waals surface area contributed by atoms with Crippen LogP contribution in [0.25, 0.3) is 0 Å². The van der Waals surface area contributed by atoms with E-state index >= 15 is 0 Å². The van der Waals surface area contributed by atoms with Crippen LogP contribution in [0.5, 0.6) is 0 Å². The number of halogens is 2. The lowest BCUT2D eigenvalue weighted by molar-refractivity contribution is 0.107. The van der Waals surface area contributed by atoms with Crippen molar-refractivity contribution in [2.24, 2.45) is 0 Å². The molecule has 4 heteroatoms. The highest BCUT2D eigenvalue weighted by Gasteiger charge is 1.97. The molecule has 0 saturated heterocycles. The molecule has 0 unspecified atom stereocenters. The lowest BCUT2D eigenvalue weighted by Gasteiger charge is -2.05. The Balaban J connectivity index is 1.87. The zero-order chi connectivity index (χ0) is 12.1. The fourth-order valence-electron chi connectivity index (χ4n) is 1.45. The second-order valence-corrected chi connectivity index (χ2v) is 4.43. The first kappa shape index (κ1) is 12.4. The summed E-state index contributed by atoms with van der Waals surface area (Å²) in [6.45, 7) is 1.04. The van der Waals surface area contributed by atoms with Crippen molar-refractivity contribution in [1.29, 1.82) is 0 Å². The number of pyridine rings is 1. The van der Waals surface area contributed by atoms with E-state index in [0.717, 1.165) is 16.1 Å². The van der Waals surface area contributed by atoms with Gasteiger partial charge in [0, 0.05) is 11.2 Å². The van der Waals surface area contributed by atoms with E-state index in [2.05, 4.69) is 4.98 Å². The smallest absolute Gasteiger partial charge is 0.129 e.